The average Bonchev–Trinajstić information content (AvgIpc) is 2.87. The summed E-state index contributed by atoms with van der Waals surface area (Å²) in [5, 5.41) is 11.1. The number of aromatic nitrogens is 2. The Morgan fingerprint density at radius 3 is 2.89 bits per heavy atom. The van der Waals surface area contributed by atoms with Gasteiger partial charge < -0.3 is 5.32 Å². The van der Waals surface area contributed by atoms with Crippen LogP contribution >= 0.6 is 23.1 Å². The summed E-state index contributed by atoms with van der Waals surface area (Å²) in [4.78, 5) is 11.8. The first kappa shape index (κ1) is 13.9. The molecule has 0 unspecified atom stereocenters. The zero-order chi connectivity index (χ0) is 13.8. The first-order valence-corrected chi connectivity index (χ1v) is 7.02. The van der Waals surface area contributed by atoms with Gasteiger partial charge in [0.05, 0.1) is 11.3 Å². The van der Waals surface area contributed by atoms with Gasteiger partial charge in [-0.3, -0.25) is 4.79 Å². The molecule has 1 aromatic heterocycles. The Morgan fingerprint density at radius 1 is 1.42 bits per heavy atom. The second-order valence-corrected chi connectivity index (χ2v) is 5.66. The molecule has 0 radical (unpaired) electrons. The molecule has 2 aromatic rings. The molecule has 1 aromatic carbocycles. The molecule has 19 heavy (non-hydrogen) atoms. The summed E-state index contributed by atoms with van der Waals surface area (Å²) >= 11 is 2.43. The van der Waals surface area contributed by atoms with Crippen molar-refractivity contribution in [1.29, 1.82) is 0 Å². The van der Waals surface area contributed by atoms with Crippen molar-refractivity contribution in [2.75, 3.05) is 18.1 Å². The summed E-state index contributed by atoms with van der Waals surface area (Å²) < 4.78 is 26.9. The van der Waals surface area contributed by atoms with Gasteiger partial charge in [-0.05, 0) is 18.2 Å². The van der Waals surface area contributed by atoms with E-state index in [1.54, 1.807) is 7.05 Å². The van der Waals surface area contributed by atoms with Crippen LogP contribution in [0.15, 0.2) is 22.5 Å². The number of carbonyl (C=O) groups excluding carboxylic acids is 1. The lowest BCUT2D eigenvalue weighted by Crippen LogP contribution is -2.05. The van der Waals surface area contributed by atoms with Crippen LogP contribution < -0.4 is 5.32 Å². The normalized spacial score (nSPS) is 10.5. The number of carbonyl (C=O) groups is 1. The van der Waals surface area contributed by atoms with Crippen molar-refractivity contribution in [3.8, 4) is 0 Å². The fraction of sp³-hybridized carbons (Fsp3) is 0.182. The number of nitrogens with one attached hydrogen (secondary N) is 1. The summed E-state index contributed by atoms with van der Waals surface area (Å²) in [5.74, 6) is -1.86. The Bertz CT molecular complexity index is 603. The number of Topliss-reactive ketones (excluding diaryl/α,β-unsaturated/α-hetero) is 1. The lowest BCUT2D eigenvalue weighted by molar-refractivity contribution is 0.101. The van der Waals surface area contributed by atoms with Crippen molar-refractivity contribution >= 4 is 34.0 Å². The van der Waals surface area contributed by atoms with E-state index < -0.39 is 17.4 Å². The Labute approximate surface area is 116 Å². The van der Waals surface area contributed by atoms with Crippen LogP contribution in [0.2, 0.25) is 0 Å². The highest BCUT2D eigenvalue weighted by Crippen LogP contribution is 2.26. The van der Waals surface area contributed by atoms with E-state index in [0.717, 1.165) is 30.0 Å². The van der Waals surface area contributed by atoms with Crippen LogP contribution in [0.25, 0.3) is 0 Å². The molecule has 0 bridgehead atoms. The van der Waals surface area contributed by atoms with Crippen LogP contribution in [0.5, 0.6) is 0 Å². The van der Waals surface area contributed by atoms with Crippen molar-refractivity contribution < 1.29 is 13.6 Å². The Kier molecular flexibility index (Phi) is 4.43. The molecule has 0 amide bonds. The van der Waals surface area contributed by atoms with E-state index in [9.17, 15) is 13.6 Å². The lowest BCUT2D eigenvalue weighted by atomic mass is 10.1. The maximum atomic E-state index is 13.4. The van der Waals surface area contributed by atoms with E-state index in [2.05, 4.69) is 15.5 Å². The highest BCUT2D eigenvalue weighted by atomic mass is 32.2. The van der Waals surface area contributed by atoms with Crippen LogP contribution in [-0.4, -0.2) is 28.8 Å². The van der Waals surface area contributed by atoms with Gasteiger partial charge in [0.1, 0.15) is 11.6 Å². The highest BCUT2D eigenvalue weighted by molar-refractivity contribution is 8.01. The Morgan fingerprint density at radius 2 is 2.21 bits per heavy atom. The largest absolute Gasteiger partial charge is 0.363 e. The van der Waals surface area contributed by atoms with Crippen LogP contribution in [0.3, 0.4) is 0 Å². The fourth-order valence-corrected chi connectivity index (χ4v) is 2.87. The second-order valence-electron chi connectivity index (χ2n) is 3.46. The molecule has 2 rings (SSSR count). The Hall–Kier alpha value is -1.54. The van der Waals surface area contributed by atoms with Crippen molar-refractivity contribution in [2.24, 2.45) is 0 Å². The topological polar surface area (TPSA) is 54.9 Å². The Balaban J connectivity index is 2.03. The van der Waals surface area contributed by atoms with E-state index in [4.69, 9.17) is 0 Å². The molecule has 100 valence electrons. The molecule has 4 nitrogen and oxygen atoms in total. The maximum Gasteiger partial charge on any atom is 0.206 e. The first-order valence-electron chi connectivity index (χ1n) is 5.22. The zero-order valence-electron chi connectivity index (χ0n) is 9.81. The van der Waals surface area contributed by atoms with Gasteiger partial charge in [-0.15, -0.1) is 10.2 Å². The molecule has 0 saturated carbocycles. The van der Waals surface area contributed by atoms with Crippen LogP contribution in [0.1, 0.15) is 10.4 Å². The predicted octanol–water partition coefficient (Wildman–Crippen LogP) is 2.83. The quantitative estimate of drug-likeness (QED) is 0.680. The average molecular weight is 301 g/mol. The number of rotatable bonds is 5. The number of hydrogen-bond donors (Lipinski definition) is 1. The van der Waals surface area contributed by atoms with Gasteiger partial charge in [-0.2, -0.15) is 0 Å². The van der Waals surface area contributed by atoms with E-state index in [1.807, 2.05) is 0 Å². The summed E-state index contributed by atoms with van der Waals surface area (Å²) in [6.45, 7) is 0. The maximum absolute atomic E-state index is 13.4. The standard InChI is InChI=1S/C11H9F2N3OS2/c1-14-10-15-16-11(19-10)18-5-9(17)7-4-6(12)2-3-8(7)13/h2-4H,5H2,1H3,(H,14,15). The molecule has 1 heterocycles. The van der Waals surface area contributed by atoms with Crippen molar-refractivity contribution in [2.45, 2.75) is 4.34 Å². The third-order valence-electron chi connectivity index (χ3n) is 2.18. The summed E-state index contributed by atoms with van der Waals surface area (Å²) in [5.41, 5.74) is -0.245. The van der Waals surface area contributed by atoms with Crippen molar-refractivity contribution in [3.05, 3.63) is 35.4 Å². The molecule has 8 heteroatoms. The van der Waals surface area contributed by atoms with Gasteiger partial charge in [0.15, 0.2) is 10.1 Å². The summed E-state index contributed by atoms with van der Waals surface area (Å²) in [6.07, 6.45) is 0. The van der Waals surface area contributed by atoms with Gasteiger partial charge in [0.2, 0.25) is 5.13 Å². The molecule has 0 spiro atoms. The van der Waals surface area contributed by atoms with E-state index in [-0.39, 0.29) is 11.3 Å². The molecule has 0 fully saturated rings. The van der Waals surface area contributed by atoms with Crippen molar-refractivity contribution in [1.82, 2.24) is 10.2 Å². The number of thioether (sulfide) groups is 1. The zero-order valence-corrected chi connectivity index (χ0v) is 11.4. The summed E-state index contributed by atoms with van der Waals surface area (Å²) in [7, 11) is 1.71. The van der Waals surface area contributed by atoms with Gasteiger partial charge in [0.25, 0.3) is 0 Å². The minimum atomic E-state index is -0.722. The lowest BCUT2D eigenvalue weighted by Gasteiger charge is -2.01. The monoisotopic (exact) mass is 301 g/mol. The number of hydrogen-bond acceptors (Lipinski definition) is 6. The number of anilines is 1. The molecule has 0 aliphatic rings. The molecule has 0 atom stereocenters. The van der Waals surface area contributed by atoms with Gasteiger partial charge in [-0.25, -0.2) is 8.78 Å². The van der Waals surface area contributed by atoms with Gasteiger partial charge >= 0.3 is 0 Å². The summed E-state index contributed by atoms with van der Waals surface area (Å²) in [6, 6.07) is 2.82. The molecular weight excluding hydrogens is 292 g/mol. The first-order chi connectivity index (χ1) is 9.10. The fourth-order valence-electron chi connectivity index (χ4n) is 1.29. The second kappa shape index (κ2) is 6.07. The van der Waals surface area contributed by atoms with E-state index in [1.165, 1.54) is 11.3 Å². The van der Waals surface area contributed by atoms with Gasteiger partial charge in [0, 0.05) is 7.05 Å². The molecule has 0 aliphatic heterocycles. The molecule has 0 aliphatic carbocycles. The molecule has 0 saturated heterocycles. The minimum absolute atomic E-state index is 0.0152. The number of ketones is 1. The third-order valence-corrected chi connectivity index (χ3v) is 4.25. The predicted molar refractivity (Wildman–Crippen MR) is 70.9 cm³/mol. The van der Waals surface area contributed by atoms with Crippen molar-refractivity contribution in [3.63, 3.8) is 0 Å². The van der Waals surface area contributed by atoms with Crippen LogP contribution in [0, 0.1) is 11.6 Å². The van der Waals surface area contributed by atoms with E-state index >= 15 is 0 Å². The molecule has 1 N–H and O–H groups in total. The van der Waals surface area contributed by atoms with E-state index in [0.29, 0.717) is 9.47 Å². The number of halogens is 2. The van der Waals surface area contributed by atoms with Crippen LogP contribution in [0.4, 0.5) is 13.9 Å². The van der Waals surface area contributed by atoms with Gasteiger partial charge in [-0.1, -0.05) is 23.1 Å². The smallest absolute Gasteiger partial charge is 0.206 e. The highest BCUT2D eigenvalue weighted by Gasteiger charge is 2.14. The molecular formula is C11H9F2N3OS2. The number of nitrogens with zero attached hydrogens (tertiary/aromatic N) is 2. The van der Waals surface area contributed by atoms with Crippen LogP contribution in [-0.2, 0) is 0 Å². The SMILES string of the molecule is CNc1nnc(SCC(=O)c2cc(F)ccc2F)s1. The number of benzene rings is 1. The third kappa shape index (κ3) is 3.48. The minimum Gasteiger partial charge on any atom is -0.363 e.